The van der Waals surface area contributed by atoms with E-state index in [4.69, 9.17) is 4.74 Å². The SMILES string of the molecule is CCCC[C@H]1CN(CCC(=O)NCCCc2scnc2C)Cc2ccccc2O1. The summed E-state index contributed by atoms with van der Waals surface area (Å²) in [5.41, 5.74) is 4.22. The number of ether oxygens (including phenoxy) is 1. The van der Waals surface area contributed by atoms with Crippen molar-refractivity contribution >= 4 is 17.2 Å². The molecule has 0 bridgehead atoms. The van der Waals surface area contributed by atoms with Crippen molar-refractivity contribution in [2.75, 3.05) is 19.6 Å². The molecule has 0 spiro atoms. The van der Waals surface area contributed by atoms with Gasteiger partial charge in [0.05, 0.1) is 11.2 Å². The molecule has 2 heterocycles. The number of rotatable bonds is 10. The predicted octanol–water partition coefficient (Wildman–Crippen LogP) is 4.34. The second-order valence-electron chi connectivity index (χ2n) is 7.79. The number of aryl methyl sites for hydroxylation is 2. The van der Waals surface area contributed by atoms with E-state index in [9.17, 15) is 4.79 Å². The number of aromatic nitrogens is 1. The zero-order chi connectivity index (χ0) is 20.5. The van der Waals surface area contributed by atoms with Gasteiger partial charge in [-0.3, -0.25) is 9.69 Å². The van der Waals surface area contributed by atoms with Crippen LogP contribution in [0.1, 0.15) is 55.2 Å². The lowest BCUT2D eigenvalue weighted by molar-refractivity contribution is -0.121. The maximum Gasteiger partial charge on any atom is 0.221 e. The van der Waals surface area contributed by atoms with Crippen molar-refractivity contribution in [1.82, 2.24) is 15.2 Å². The molecule has 0 fully saturated rings. The van der Waals surface area contributed by atoms with Crippen LogP contribution in [0.3, 0.4) is 0 Å². The first-order chi connectivity index (χ1) is 14.2. The normalized spacial score (nSPS) is 16.7. The number of thiazole rings is 1. The molecule has 0 radical (unpaired) electrons. The van der Waals surface area contributed by atoms with Crippen LogP contribution in [0.25, 0.3) is 0 Å². The molecule has 1 aliphatic rings. The van der Waals surface area contributed by atoms with Crippen LogP contribution in [0.5, 0.6) is 5.75 Å². The number of nitrogens with zero attached hydrogens (tertiary/aromatic N) is 2. The van der Waals surface area contributed by atoms with Gasteiger partial charge in [0.25, 0.3) is 0 Å². The van der Waals surface area contributed by atoms with Crippen molar-refractivity contribution in [3.63, 3.8) is 0 Å². The van der Waals surface area contributed by atoms with Crippen LogP contribution in [0.2, 0.25) is 0 Å². The van der Waals surface area contributed by atoms with Gasteiger partial charge in [0.15, 0.2) is 0 Å². The second-order valence-corrected chi connectivity index (χ2v) is 8.73. The molecule has 1 atom stereocenters. The molecule has 0 unspecified atom stereocenters. The smallest absolute Gasteiger partial charge is 0.221 e. The number of carbonyl (C=O) groups excluding carboxylic acids is 1. The van der Waals surface area contributed by atoms with E-state index in [1.165, 1.54) is 23.3 Å². The zero-order valence-corrected chi connectivity index (χ0v) is 18.5. The fourth-order valence-corrected chi connectivity index (χ4v) is 4.53. The van der Waals surface area contributed by atoms with Crippen LogP contribution < -0.4 is 10.1 Å². The fourth-order valence-electron chi connectivity index (χ4n) is 3.70. The minimum absolute atomic E-state index is 0.134. The van der Waals surface area contributed by atoms with Crippen LogP contribution in [-0.4, -0.2) is 41.5 Å². The molecule has 0 saturated carbocycles. The van der Waals surface area contributed by atoms with Crippen molar-refractivity contribution < 1.29 is 9.53 Å². The number of benzene rings is 1. The Balaban J connectivity index is 1.44. The minimum Gasteiger partial charge on any atom is -0.489 e. The number of carbonyl (C=O) groups is 1. The summed E-state index contributed by atoms with van der Waals surface area (Å²) >= 11 is 1.70. The van der Waals surface area contributed by atoms with Crippen molar-refractivity contribution in [2.24, 2.45) is 0 Å². The Hall–Kier alpha value is -1.92. The lowest BCUT2D eigenvalue weighted by atomic mass is 10.1. The molecular weight excluding hydrogens is 382 g/mol. The van der Waals surface area contributed by atoms with Gasteiger partial charge in [-0.25, -0.2) is 4.98 Å². The first-order valence-electron chi connectivity index (χ1n) is 10.8. The largest absolute Gasteiger partial charge is 0.489 e. The van der Waals surface area contributed by atoms with Gasteiger partial charge in [0.1, 0.15) is 11.9 Å². The van der Waals surface area contributed by atoms with Crippen molar-refractivity contribution in [3.05, 3.63) is 45.9 Å². The summed E-state index contributed by atoms with van der Waals surface area (Å²) in [7, 11) is 0. The summed E-state index contributed by atoms with van der Waals surface area (Å²) in [6.07, 6.45) is 6.07. The van der Waals surface area contributed by atoms with E-state index in [1.54, 1.807) is 11.3 Å². The number of nitrogens with one attached hydrogen (secondary N) is 1. The van der Waals surface area contributed by atoms with E-state index < -0.39 is 0 Å². The topological polar surface area (TPSA) is 54.5 Å². The standard InChI is InChI=1S/C23H33N3O2S/c1-3-4-9-20-16-26(15-19-8-5-6-10-21(19)28-20)14-12-23(27)24-13-7-11-22-18(2)25-17-29-22/h5-6,8,10,17,20H,3-4,7,9,11-16H2,1-2H3,(H,24,27)/t20-/m0/s1. The average molecular weight is 416 g/mol. The van der Waals surface area contributed by atoms with Crippen LogP contribution in [0.4, 0.5) is 0 Å². The Labute approximate surface area is 178 Å². The van der Waals surface area contributed by atoms with E-state index in [0.29, 0.717) is 6.42 Å². The maximum atomic E-state index is 12.3. The molecule has 6 heteroatoms. The number of unbranched alkanes of at least 4 members (excludes halogenated alkanes) is 1. The third-order valence-corrected chi connectivity index (χ3v) is 6.40. The third-order valence-electron chi connectivity index (χ3n) is 5.40. The van der Waals surface area contributed by atoms with Crippen molar-refractivity contribution in [3.8, 4) is 5.75 Å². The Kier molecular flexibility index (Phi) is 8.50. The van der Waals surface area contributed by atoms with E-state index in [0.717, 1.165) is 56.9 Å². The van der Waals surface area contributed by atoms with Gasteiger partial charge in [0.2, 0.25) is 5.91 Å². The van der Waals surface area contributed by atoms with Gasteiger partial charge in [-0.15, -0.1) is 11.3 Å². The number of amides is 1. The zero-order valence-electron chi connectivity index (χ0n) is 17.7. The number of fused-ring (bicyclic) bond motifs is 1. The molecule has 5 nitrogen and oxygen atoms in total. The van der Waals surface area contributed by atoms with E-state index in [2.05, 4.69) is 40.3 Å². The van der Waals surface area contributed by atoms with Gasteiger partial charge in [-0.05, 0) is 38.7 Å². The third kappa shape index (κ3) is 6.82. The Morgan fingerprint density at radius 3 is 3.00 bits per heavy atom. The summed E-state index contributed by atoms with van der Waals surface area (Å²) in [6.45, 7) is 7.47. The number of para-hydroxylation sites is 1. The molecule has 1 aliphatic heterocycles. The highest BCUT2D eigenvalue weighted by Gasteiger charge is 2.22. The van der Waals surface area contributed by atoms with Gasteiger partial charge in [0, 0.05) is 43.0 Å². The first kappa shape index (κ1) is 21.8. The molecule has 0 aliphatic carbocycles. The molecule has 29 heavy (non-hydrogen) atoms. The lowest BCUT2D eigenvalue weighted by Crippen LogP contribution is -2.36. The van der Waals surface area contributed by atoms with Crippen LogP contribution >= 0.6 is 11.3 Å². The molecule has 1 N–H and O–H groups in total. The van der Waals surface area contributed by atoms with Crippen LogP contribution in [0.15, 0.2) is 29.8 Å². The molecule has 158 valence electrons. The van der Waals surface area contributed by atoms with Crippen molar-refractivity contribution in [2.45, 2.75) is 65.0 Å². The highest BCUT2D eigenvalue weighted by molar-refractivity contribution is 7.09. The van der Waals surface area contributed by atoms with Crippen LogP contribution in [-0.2, 0) is 17.8 Å². The predicted molar refractivity (Wildman–Crippen MR) is 118 cm³/mol. The maximum absolute atomic E-state index is 12.3. The highest BCUT2D eigenvalue weighted by Crippen LogP contribution is 2.26. The fraction of sp³-hybridized carbons (Fsp3) is 0.565. The van der Waals surface area contributed by atoms with E-state index in [1.807, 2.05) is 18.5 Å². The Morgan fingerprint density at radius 1 is 1.34 bits per heavy atom. The molecule has 3 rings (SSSR count). The molecule has 1 amide bonds. The average Bonchev–Trinajstić information content (AvgIpc) is 3.04. The molecule has 2 aromatic rings. The van der Waals surface area contributed by atoms with Gasteiger partial charge in [-0.1, -0.05) is 31.5 Å². The quantitative estimate of drug-likeness (QED) is 0.587. The monoisotopic (exact) mass is 415 g/mol. The first-order valence-corrected chi connectivity index (χ1v) is 11.7. The second kappa shape index (κ2) is 11.3. The van der Waals surface area contributed by atoms with Crippen LogP contribution in [0, 0.1) is 6.92 Å². The highest BCUT2D eigenvalue weighted by atomic mass is 32.1. The summed E-state index contributed by atoms with van der Waals surface area (Å²) in [5, 5.41) is 3.07. The van der Waals surface area contributed by atoms with E-state index >= 15 is 0 Å². The molecule has 0 saturated heterocycles. The number of hydrogen-bond donors (Lipinski definition) is 1. The summed E-state index contributed by atoms with van der Waals surface area (Å²) in [5.74, 6) is 1.13. The minimum atomic E-state index is 0.134. The van der Waals surface area contributed by atoms with Crippen molar-refractivity contribution in [1.29, 1.82) is 0 Å². The Bertz CT molecular complexity index is 777. The summed E-state index contributed by atoms with van der Waals surface area (Å²) in [6, 6.07) is 8.29. The van der Waals surface area contributed by atoms with Gasteiger partial charge in [-0.2, -0.15) is 0 Å². The summed E-state index contributed by atoms with van der Waals surface area (Å²) < 4.78 is 6.27. The summed E-state index contributed by atoms with van der Waals surface area (Å²) in [4.78, 5) is 20.3. The lowest BCUT2D eigenvalue weighted by Gasteiger charge is -2.23. The van der Waals surface area contributed by atoms with E-state index in [-0.39, 0.29) is 12.0 Å². The van der Waals surface area contributed by atoms with Gasteiger partial charge >= 0.3 is 0 Å². The molecule has 1 aromatic carbocycles. The Morgan fingerprint density at radius 2 is 2.21 bits per heavy atom. The molecular formula is C23H33N3O2S. The number of hydrogen-bond acceptors (Lipinski definition) is 5. The van der Waals surface area contributed by atoms with Gasteiger partial charge < -0.3 is 10.1 Å². The molecule has 1 aromatic heterocycles.